The predicted molar refractivity (Wildman–Crippen MR) is 96.8 cm³/mol. The number of amides is 1. The van der Waals surface area contributed by atoms with Gasteiger partial charge >= 0.3 is 5.97 Å². The molecular formula is C17H15FN2O5S2. The van der Waals surface area contributed by atoms with Gasteiger partial charge in [0.15, 0.2) is 9.84 Å². The number of halogens is 1. The van der Waals surface area contributed by atoms with E-state index >= 15 is 0 Å². The molecule has 2 aromatic rings. The second-order valence-electron chi connectivity index (χ2n) is 5.35. The van der Waals surface area contributed by atoms with E-state index in [9.17, 15) is 27.7 Å². The molecule has 1 aromatic carbocycles. The van der Waals surface area contributed by atoms with Crippen molar-refractivity contribution in [2.75, 3.05) is 17.7 Å². The van der Waals surface area contributed by atoms with Crippen LogP contribution in [0.1, 0.15) is 27.7 Å². The summed E-state index contributed by atoms with van der Waals surface area (Å²) in [7, 11) is -3.99. The summed E-state index contributed by atoms with van der Waals surface area (Å²) in [5, 5.41) is 11.7. The minimum Gasteiger partial charge on any atom is -0.462 e. The molecule has 27 heavy (non-hydrogen) atoms. The lowest BCUT2D eigenvalue weighted by Crippen LogP contribution is -2.23. The van der Waals surface area contributed by atoms with Crippen molar-refractivity contribution in [3.05, 3.63) is 46.1 Å². The fourth-order valence-electron chi connectivity index (χ4n) is 2.19. The van der Waals surface area contributed by atoms with E-state index in [1.807, 2.05) is 6.07 Å². The molecule has 0 aliphatic heterocycles. The van der Waals surface area contributed by atoms with Gasteiger partial charge < -0.3 is 10.1 Å². The largest absolute Gasteiger partial charge is 0.462 e. The standard InChI is InChI=1S/C17H15FN2O5S2/c1-3-25-17(22)15-10(2)13(8-19)16(26-15)20-14(21)9-27(23,24)12-6-4-11(18)5-7-12/h4-7H,3,9H2,1-2H3,(H,20,21). The van der Waals surface area contributed by atoms with Gasteiger partial charge in [-0.1, -0.05) is 0 Å². The van der Waals surface area contributed by atoms with E-state index in [4.69, 9.17) is 4.74 Å². The van der Waals surface area contributed by atoms with Gasteiger partial charge in [-0.3, -0.25) is 4.79 Å². The summed E-state index contributed by atoms with van der Waals surface area (Å²) in [4.78, 5) is 24.0. The molecule has 0 aliphatic carbocycles. The molecule has 1 N–H and O–H groups in total. The van der Waals surface area contributed by atoms with Gasteiger partial charge in [-0.15, -0.1) is 11.3 Å². The molecule has 0 bridgehead atoms. The molecule has 0 atom stereocenters. The fraction of sp³-hybridized carbons (Fsp3) is 0.235. The summed E-state index contributed by atoms with van der Waals surface area (Å²) >= 11 is 0.837. The first-order valence-corrected chi connectivity index (χ1v) is 10.1. The third kappa shape index (κ3) is 4.69. The van der Waals surface area contributed by atoms with Crippen LogP contribution in [0.5, 0.6) is 0 Å². The second-order valence-corrected chi connectivity index (χ2v) is 8.36. The van der Waals surface area contributed by atoms with Crippen LogP contribution in [0, 0.1) is 24.1 Å². The molecule has 0 aliphatic rings. The lowest BCUT2D eigenvalue weighted by Gasteiger charge is -2.05. The Balaban J connectivity index is 2.23. The van der Waals surface area contributed by atoms with Crippen LogP contribution >= 0.6 is 11.3 Å². The zero-order valence-electron chi connectivity index (χ0n) is 14.4. The first-order valence-electron chi connectivity index (χ1n) is 7.68. The Hall–Kier alpha value is -2.77. The van der Waals surface area contributed by atoms with Crippen LogP contribution in [0.4, 0.5) is 9.39 Å². The Morgan fingerprint density at radius 2 is 1.93 bits per heavy atom. The highest BCUT2D eigenvalue weighted by Gasteiger charge is 2.24. The van der Waals surface area contributed by atoms with Crippen LogP contribution in [0.15, 0.2) is 29.2 Å². The number of esters is 1. The molecule has 10 heteroatoms. The van der Waals surface area contributed by atoms with E-state index in [-0.39, 0.29) is 26.9 Å². The summed E-state index contributed by atoms with van der Waals surface area (Å²) < 4.78 is 42.3. The Morgan fingerprint density at radius 1 is 1.30 bits per heavy atom. The summed E-state index contributed by atoms with van der Waals surface area (Å²) in [6.45, 7) is 3.32. The highest BCUT2D eigenvalue weighted by Crippen LogP contribution is 2.33. The smallest absolute Gasteiger partial charge is 0.348 e. The Labute approximate surface area is 159 Å². The normalized spacial score (nSPS) is 10.9. The summed E-state index contributed by atoms with van der Waals surface area (Å²) in [6, 6.07) is 5.97. The van der Waals surface area contributed by atoms with Crippen LogP contribution in [0.25, 0.3) is 0 Å². The van der Waals surface area contributed by atoms with Gasteiger partial charge in [0.05, 0.1) is 17.1 Å². The molecule has 7 nitrogen and oxygen atoms in total. The van der Waals surface area contributed by atoms with Crippen molar-refractivity contribution in [1.82, 2.24) is 0 Å². The Bertz CT molecular complexity index is 1020. The first-order chi connectivity index (χ1) is 12.7. The molecular weight excluding hydrogens is 395 g/mol. The number of nitrogens with one attached hydrogen (secondary N) is 1. The molecule has 0 spiro atoms. The van der Waals surface area contributed by atoms with Crippen molar-refractivity contribution < 1.29 is 27.1 Å². The number of rotatable bonds is 6. The van der Waals surface area contributed by atoms with Crippen LogP contribution in [0.2, 0.25) is 0 Å². The monoisotopic (exact) mass is 410 g/mol. The molecule has 0 saturated heterocycles. The van der Waals surface area contributed by atoms with Crippen molar-refractivity contribution >= 4 is 38.1 Å². The lowest BCUT2D eigenvalue weighted by molar-refractivity contribution is -0.113. The number of anilines is 1. The maximum absolute atomic E-state index is 12.9. The number of thiophene rings is 1. The van der Waals surface area contributed by atoms with E-state index in [0.717, 1.165) is 35.6 Å². The van der Waals surface area contributed by atoms with Crippen molar-refractivity contribution in [1.29, 1.82) is 5.26 Å². The van der Waals surface area contributed by atoms with E-state index < -0.39 is 33.3 Å². The maximum atomic E-state index is 12.9. The Morgan fingerprint density at radius 3 is 2.48 bits per heavy atom. The average molecular weight is 410 g/mol. The van der Waals surface area contributed by atoms with Gasteiger partial charge in [0.25, 0.3) is 0 Å². The van der Waals surface area contributed by atoms with Crippen molar-refractivity contribution in [3.8, 4) is 6.07 Å². The molecule has 1 amide bonds. The number of hydrogen-bond donors (Lipinski definition) is 1. The predicted octanol–water partition coefficient (Wildman–Crippen LogP) is 2.66. The zero-order valence-corrected chi connectivity index (χ0v) is 16.0. The van der Waals surface area contributed by atoms with Crippen molar-refractivity contribution in [2.24, 2.45) is 0 Å². The molecule has 142 valence electrons. The van der Waals surface area contributed by atoms with Crippen LogP contribution in [-0.2, 0) is 19.4 Å². The first kappa shape index (κ1) is 20.5. The Kier molecular flexibility index (Phi) is 6.30. The fourth-order valence-corrected chi connectivity index (χ4v) is 4.39. The highest BCUT2D eigenvalue weighted by molar-refractivity contribution is 7.92. The van der Waals surface area contributed by atoms with Gasteiger partial charge in [0, 0.05) is 0 Å². The number of sulfone groups is 1. The topological polar surface area (TPSA) is 113 Å². The van der Waals surface area contributed by atoms with Gasteiger partial charge in [-0.25, -0.2) is 17.6 Å². The number of benzene rings is 1. The summed E-state index contributed by atoms with van der Waals surface area (Å²) in [6.07, 6.45) is 0. The number of ether oxygens (including phenoxy) is 1. The van der Waals surface area contributed by atoms with E-state index in [2.05, 4.69) is 5.32 Å². The molecule has 2 rings (SSSR count). The van der Waals surface area contributed by atoms with Gasteiger partial charge in [-0.05, 0) is 43.7 Å². The maximum Gasteiger partial charge on any atom is 0.348 e. The summed E-state index contributed by atoms with van der Waals surface area (Å²) in [5.41, 5.74) is 0.410. The van der Waals surface area contributed by atoms with Gasteiger partial charge in [-0.2, -0.15) is 5.26 Å². The minimum absolute atomic E-state index is 0.0654. The average Bonchev–Trinajstić information content (AvgIpc) is 2.90. The van der Waals surface area contributed by atoms with Crippen LogP contribution in [0.3, 0.4) is 0 Å². The minimum atomic E-state index is -3.99. The molecule has 0 saturated carbocycles. The lowest BCUT2D eigenvalue weighted by atomic mass is 10.2. The number of hydrogen-bond acceptors (Lipinski definition) is 7. The van der Waals surface area contributed by atoms with E-state index in [1.165, 1.54) is 6.92 Å². The SMILES string of the molecule is CCOC(=O)c1sc(NC(=O)CS(=O)(=O)c2ccc(F)cc2)c(C#N)c1C. The molecule has 1 heterocycles. The molecule has 0 unspecified atom stereocenters. The third-order valence-corrected chi connectivity index (χ3v) is 6.29. The molecule has 0 fully saturated rings. The molecule has 1 aromatic heterocycles. The van der Waals surface area contributed by atoms with Gasteiger partial charge in [0.2, 0.25) is 5.91 Å². The van der Waals surface area contributed by atoms with Crippen LogP contribution < -0.4 is 5.32 Å². The number of nitriles is 1. The molecule has 0 radical (unpaired) electrons. The number of carbonyl (C=O) groups is 2. The number of carbonyl (C=O) groups excluding carboxylic acids is 2. The third-order valence-electron chi connectivity index (χ3n) is 3.47. The summed E-state index contributed by atoms with van der Waals surface area (Å²) in [5.74, 6) is -3.00. The zero-order chi connectivity index (χ0) is 20.2. The van der Waals surface area contributed by atoms with Crippen LogP contribution in [-0.4, -0.2) is 32.7 Å². The quantitative estimate of drug-likeness (QED) is 0.579. The second kappa shape index (κ2) is 8.28. The number of nitrogens with zero attached hydrogens (tertiary/aromatic N) is 1. The van der Waals surface area contributed by atoms with Crippen molar-refractivity contribution in [2.45, 2.75) is 18.7 Å². The van der Waals surface area contributed by atoms with Crippen molar-refractivity contribution in [3.63, 3.8) is 0 Å². The van der Waals surface area contributed by atoms with E-state index in [0.29, 0.717) is 5.56 Å². The highest BCUT2D eigenvalue weighted by atomic mass is 32.2. The van der Waals surface area contributed by atoms with Gasteiger partial charge in [0.1, 0.15) is 27.5 Å². The van der Waals surface area contributed by atoms with E-state index in [1.54, 1.807) is 6.92 Å².